The molecular formula is C18H24O2. The summed E-state index contributed by atoms with van der Waals surface area (Å²) in [5, 5.41) is 9.20. The summed E-state index contributed by atoms with van der Waals surface area (Å²) in [4.78, 5) is 11.2. The van der Waals surface area contributed by atoms with Crippen LogP contribution in [0.1, 0.15) is 46.1 Å². The predicted octanol–water partition coefficient (Wildman–Crippen LogP) is 4.62. The van der Waals surface area contributed by atoms with Crippen LogP contribution in [0.15, 0.2) is 35.9 Å². The van der Waals surface area contributed by atoms with E-state index in [1.54, 1.807) is 0 Å². The second-order valence-corrected chi connectivity index (χ2v) is 6.55. The van der Waals surface area contributed by atoms with Crippen molar-refractivity contribution in [3.63, 3.8) is 0 Å². The molecule has 1 aromatic rings. The monoisotopic (exact) mass is 272 g/mol. The third-order valence-electron chi connectivity index (χ3n) is 4.99. The van der Waals surface area contributed by atoms with Crippen molar-refractivity contribution in [2.75, 3.05) is 0 Å². The van der Waals surface area contributed by atoms with Gasteiger partial charge in [0.15, 0.2) is 0 Å². The number of rotatable bonds is 5. The average Bonchev–Trinajstić information content (AvgIpc) is 2.98. The smallest absolute Gasteiger partial charge is 0.307 e. The standard InChI is InChI=1S/C18H24O2/c1-12(13(2)14-8-6-5-7-9-14)10-11-15-16(17(19)20)18(15,3)4/h5-9,15-16H,10-11H2,1-4H3,(H,19,20)/b13-12-. The summed E-state index contributed by atoms with van der Waals surface area (Å²) >= 11 is 0. The van der Waals surface area contributed by atoms with Gasteiger partial charge in [0, 0.05) is 0 Å². The molecule has 2 rings (SSSR count). The van der Waals surface area contributed by atoms with Crippen LogP contribution in [0.2, 0.25) is 0 Å². The van der Waals surface area contributed by atoms with Crippen LogP contribution in [0.25, 0.3) is 5.57 Å². The fourth-order valence-corrected chi connectivity index (χ4v) is 3.27. The van der Waals surface area contributed by atoms with Gasteiger partial charge in [-0.15, -0.1) is 0 Å². The summed E-state index contributed by atoms with van der Waals surface area (Å²) in [6.07, 6.45) is 1.96. The SMILES string of the molecule is C/C(CCC1C(C(=O)O)C1(C)C)=C(\C)c1ccccc1. The zero-order valence-electron chi connectivity index (χ0n) is 12.8. The van der Waals surface area contributed by atoms with E-state index < -0.39 is 5.97 Å². The molecular weight excluding hydrogens is 248 g/mol. The highest BCUT2D eigenvalue weighted by Crippen LogP contribution is 2.60. The Balaban J connectivity index is 2.00. The summed E-state index contributed by atoms with van der Waals surface area (Å²) in [5.74, 6) is -0.479. The maximum atomic E-state index is 11.2. The van der Waals surface area contributed by atoms with Crippen molar-refractivity contribution < 1.29 is 9.90 Å². The molecule has 1 saturated carbocycles. The van der Waals surface area contributed by atoms with E-state index in [1.807, 2.05) is 6.07 Å². The summed E-state index contributed by atoms with van der Waals surface area (Å²) in [6, 6.07) is 10.4. The van der Waals surface area contributed by atoms with Gasteiger partial charge in [0.1, 0.15) is 0 Å². The number of allylic oxidation sites excluding steroid dienone is 2. The van der Waals surface area contributed by atoms with E-state index in [9.17, 15) is 9.90 Å². The topological polar surface area (TPSA) is 37.3 Å². The second kappa shape index (κ2) is 5.43. The van der Waals surface area contributed by atoms with Gasteiger partial charge in [0.2, 0.25) is 0 Å². The lowest BCUT2D eigenvalue weighted by molar-refractivity contribution is -0.139. The van der Waals surface area contributed by atoms with Gasteiger partial charge < -0.3 is 5.11 Å². The molecule has 2 atom stereocenters. The Morgan fingerprint density at radius 1 is 1.20 bits per heavy atom. The fourth-order valence-electron chi connectivity index (χ4n) is 3.27. The van der Waals surface area contributed by atoms with Gasteiger partial charge >= 0.3 is 5.97 Å². The Hall–Kier alpha value is -1.57. The first kappa shape index (κ1) is 14.8. The van der Waals surface area contributed by atoms with Gasteiger partial charge in [0.25, 0.3) is 0 Å². The summed E-state index contributed by atoms with van der Waals surface area (Å²) < 4.78 is 0. The molecule has 2 nitrogen and oxygen atoms in total. The van der Waals surface area contributed by atoms with E-state index in [-0.39, 0.29) is 11.3 Å². The number of hydrogen-bond acceptors (Lipinski definition) is 1. The number of carboxylic acid groups (broad SMARTS) is 1. The van der Waals surface area contributed by atoms with Gasteiger partial charge in [-0.1, -0.05) is 49.8 Å². The quantitative estimate of drug-likeness (QED) is 0.849. The Bertz CT molecular complexity index is 526. The number of aliphatic carboxylic acids is 1. The highest BCUT2D eigenvalue weighted by atomic mass is 16.4. The van der Waals surface area contributed by atoms with Crippen LogP contribution in [-0.2, 0) is 4.79 Å². The minimum Gasteiger partial charge on any atom is -0.481 e. The Labute approximate surface area is 121 Å². The minimum atomic E-state index is -0.638. The third kappa shape index (κ3) is 2.79. The summed E-state index contributed by atoms with van der Waals surface area (Å²) in [6.45, 7) is 8.45. The maximum Gasteiger partial charge on any atom is 0.307 e. The predicted molar refractivity (Wildman–Crippen MR) is 82.3 cm³/mol. The zero-order valence-corrected chi connectivity index (χ0v) is 12.8. The molecule has 0 aliphatic heterocycles. The molecule has 0 amide bonds. The van der Waals surface area contributed by atoms with Crippen molar-refractivity contribution in [2.24, 2.45) is 17.3 Å². The van der Waals surface area contributed by atoms with Gasteiger partial charge in [0.05, 0.1) is 5.92 Å². The molecule has 1 aromatic carbocycles. The molecule has 2 heteroatoms. The van der Waals surface area contributed by atoms with Crippen LogP contribution >= 0.6 is 0 Å². The third-order valence-corrected chi connectivity index (χ3v) is 4.99. The van der Waals surface area contributed by atoms with E-state index in [0.717, 1.165) is 12.8 Å². The molecule has 0 saturated heterocycles. The molecule has 1 fully saturated rings. The number of carboxylic acids is 1. The second-order valence-electron chi connectivity index (χ2n) is 6.55. The lowest BCUT2D eigenvalue weighted by atomic mass is 9.97. The number of benzene rings is 1. The molecule has 20 heavy (non-hydrogen) atoms. The van der Waals surface area contributed by atoms with Crippen LogP contribution in [0.3, 0.4) is 0 Å². The van der Waals surface area contributed by atoms with Crippen molar-refractivity contribution in [1.29, 1.82) is 0 Å². The molecule has 1 aliphatic carbocycles. The molecule has 0 heterocycles. The van der Waals surface area contributed by atoms with E-state index in [0.29, 0.717) is 5.92 Å². The van der Waals surface area contributed by atoms with E-state index in [4.69, 9.17) is 0 Å². The largest absolute Gasteiger partial charge is 0.481 e. The highest BCUT2D eigenvalue weighted by Gasteiger charge is 2.61. The van der Waals surface area contributed by atoms with Crippen molar-refractivity contribution in [1.82, 2.24) is 0 Å². The van der Waals surface area contributed by atoms with Crippen LogP contribution < -0.4 is 0 Å². The Morgan fingerprint density at radius 3 is 2.30 bits per heavy atom. The van der Waals surface area contributed by atoms with Crippen molar-refractivity contribution in [3.8, 4) is 0 Å². The fraction of sp³-hybridized carbons (Fsp3) is 0.500. The highest BCUT2D eigenvalue weighted by molar-refractivity contribution is 5.75. The first-order valence-corrected chi connectivity index (χ1v) is 7.30. The van der Waals surface area contributed by atoms with Crippen LogP contribution in [-0.4, -0.2) is 11.1 Å². The normalized spacial score (nSPS) is 25.0. The van der Waals surface area contributed by atoms with Gasteiger partial charge in [-0.05, 0) is 49.2 Å². The van der Waals surface area contributed by atoms with Crippen LogP contribution in [0.4, 0.5) is 0 Å². The first-order valence-electron chi connectivity index (χ1n) is 7.30. The molecule has 2 unspecified atom stereocenters. The molecule has 108 valence electrons. The maximum absolute atomic E-state index is 11.2. The van der Waals surface area contributed by atoms with E-state index in [1.165, 1.54) is 16.7 Å². The lowest BCUT2D eigenvalue weighted by Crippen LogP contribution is -2.03. The van der Waals surface area contributed by atoms with Crippen molar-refractivity contribution in [2.45, 2.75) is 40.5 Å². The summed E-state index contributed by atoms with van der Waals surface area (Å²) in [7, 11) is 0. The molecule has 0 bridgehead atoms. The Morgan fingerprint density at radius 2 is 1.80 bits per heavy atom. The van der Waals surface area contributed by atoms with Gasteiger partial charge in [-0.3, -0.25) is 4.79 Å². The molecule has 0 spiro atoms. The number of hydrogen-bond donors (Lipinski definition) is 1. The molecule has 1 N–H and O–H groups in total. The van der Waals surface area contributed by atoms with Gasteiger partial charge in [-0.25, -0.2) is 0 Å². The molecule has 0 aromatic heterocycles. The Kier molecular flexibility index (Phi) is 4.03. The van der Waals surface area contributed by atoms with E-state index in [2.05, 4.69) is 52.0 Å². The van der Waals surface area contributed by atoms with Crippen molar-refractivity contribution in [3.05, 3.63) is 41.5 Å². The van der Waals surface area contributed by atoms with Crippen LogP contribution in [0.5, 0.6) is 0 Å². The number of carbonyl (C=O) groups is 1. The minimum absolute atomic E-state index is 0.0350. The lowest BCUT2D eigenvalue weighted by Gasteiger charge is -2.09. The van der Waals surface area contributed by atoms with Gasteiger partial charge in [-0.2, -0.15) is 0 Å². The van der Waals surface area contributed by atoms with Crippen molar-refractivity contribution >= 4 is 11.5 Å². The summed E-state index contributed by atoms with van der Waals surface area (Å²) in [5.41, 5.74) is 3.90. The van der Waals surface area contributed by atoms with E-state index >= 15 is 0 Å². The molecule has 1 aliphatic rings. The van der Waals surface area contributed by atoms with Crippen LogP contribution in [0, 0.1) is 17.3 Å². The zero-order chi connectivity index (χ0) is 14.9. The molecule has 0 radical (unpaired) electrons. The first-order chi connectivity index (χ1) is 9.35. The average molecular weight is 272 g/mol.